The first-order valence-corrected chi connectivity index (χ1v) is 7.96. The van der Waals surface area contributed by atoms with Crippen LogP contribution >= 0.6 is 0 Å². The predicted molar refractivity (Wildman–Crippen MR) is 91.3 cm³/mol. The molecule has 0 spiro atoms. The van der Waals surface area contributed by atoms with E-state index in [1.165, 1.54) is 0 Å². The van der Waals surface area contributed by atoms with Gasteiger partial charge in [0.1, 0.15) is 5.56 Å². The van der Waals surface area contributed by atoms with Crippen molar-refractivity contribution in [2.75, 3.05) is 6.54 Å². The molecule has 3 rings (SSSR count). The molecule has 4 heteroatoms. The Labute approximate surface area is 135 Å². The van der Waals surface area contributed by atoms with E-state index in [1.54, 1.807) is 12.1 Å². The SMILES string of the molecule is O=C(NCC1CC=CCC1)c1ccc(-c2ccccc2)[nH]c1=O. The number of aromatic amines is 1. The Morgan fingerprint density at radius 3 is 2.65 bits per heavy atom. The van der Waals surface area contributed by atoms with Crippen LogP contribution in [0.25, 0.3) is 11.3 Å². The number of hydrogen-bond acceptors (Lipinski definition) is 2. The van der Waals surface area contributed by atoms with Gasteiger partial charge in [0.15, 0.2) is 0 Å². The molecule has 0 bridgehead atoms. The third-order valence-corrected chi connectivity index (χ3v) is 4.17. The first kappa shape index (κ1) is 15.3. The highest BCUT2D eigenvalue weighted by Crippen LogP contribution is 2.17. The van der Waals surface area contributed by atoms with E-state index in [4.69, 9.17) is 0 Å². The summed E-state index contributed by atoms with van der Waals surface area (Å²) >= 11 is 0. The Morgan fingerprint density at radius 2 is 1.96 bits per heavy atom. The maximum Gasteiger partial charge on any atom is 0.261 e. The van der Waals surface area contributed by atoms with Crippen molar-refractivity contribution in [3.8, 4) is 11.3 Å². The van der Waals surface area contributed by atoms with Gasteiger partial charge in [0.25, 0.3) is 11.5 Å². The van der Waals surface area contributed by atoms with Crippen LogP contribution in [0.4, 0.5) is 0 Å². The number of rotatable bonds is 4. The van der Waals surface area contributed by atoms with Gasteiger partial charge in [0.05, 0.1) is 0 Å². The summed E-state index contributed by atoms with van der Waals surface area (Å²) in [7, 11) is 0. The zero-order chi connectivity index (χ0) is 16.1. The third-order valence-electron chi connectivity index (χ3n) is 4.17. The molecule has 1 aromatic carbocycles. The molecule has 1 heterocycles. The number of carbonyl (C=O) groups excluding carboxylic acids is 1. The summed E-state index contributed by atoms with van der Waals surface area (Å²) < 4.78 is 0. The lowest BCUT2D eigenvalue weighted by Gasteiger charge is -2.17. The molecule has 4 nitrogen and oxygen atoms in total. The van der Waals surface area contributed by atoms with Crippen LogP contribution in [0.1, 0.15) is 29.6 Å². The molecule has 0 saturated carbocycles. The maximum absolute atomic E-state index is 12.2. The van der Waals surface area contributed by atoms with Gasteiger partial charge in [0.2, 0.25) is 0 Å². The van der Waals surface area contributed by atoms with Crippen LogP contribution in [0.3, 0.4) is 0 Å². The molecule has 118 valence electrons. The topological polar surface area (TPSA) is 62.0 Å². The number of H-pyrrole nitrogens is 1. The summed E-state index contributed by atoms with van der Waals surface area (Å²) in [4.78, 5) is 27.2. The molecule has 0 aliphatic heterocycles. The minimum absolute atomic E-state index is 0.163. The van der Waals surface area contributed by atoms with Crippen LogP contribution in [0.15, 0.2) is 59.4 Å². The van der Waals surface area contributed by atoms with E-state index in [0.29, 0.717) is 18.2 Å². The van der Waals surface area contributed by atoms with Crippen molar-refractivity contribution in [2.45, 2.75) is 19.3 Å². The van der Waals surface area contributed by atoms with Gasteiger partial charge >= 0.3 is 0 Å². The van der Waals surface area contributed by atoms with Gasteiger partial charge in [-0.1, -0.05) is 42.5 Å². The van der Waals surface area contributed by atoms with Gasteiger partial charge in [-0.05, 0) is 42.9 Å². The molecule has 1 aliphatic rings. The lowest BCUT2D eigenvalue weighted by atomic mass is 9.94. The molecule has 2 aromatic rings. The Hall–Kier alpha value is -2.62. The Kier molecular flexibility index (Phi) is 4.71. The summed E-state index contributed by atoms with van der Waals surface area (Å²) in [5, 5.41) is 2.88. The smallest absolute Gasteiger partial charge is 0.261 e. The molecule has 0 radical (unpaired) electrons. The molecule has 1 aliphatic carbocycles. The summed E-state index contributed by atoms with van der Waals surface area (Å²) in [6, 6.07) is 12.9. The van der Waals surface area contributed by atoms with Crippen molar-refractivity contribution in [3.63, 3.8) is 0 Å². The van der Waals surface area contributed by atoms with E-state index in [1.807, 2.05) is 30.3 Å². The second-order valence-corrected chi connectivity index (χ2v) is 5.84. The number of carbonyl (C=O) groups is 1. The van der Waals surface area contributed by atoms with Gasteiger partial charge in [-0.15, -0.1) is 0 Å². The van der Waals surface area contributed by atoms with Gasteiger partial charge in [0, 0.05) is 12.2 Å². The minimum atomic E-state index is -0.354. The minimum Gasteiger partial charge on any atom is -0.352 e. The van der Waals surface area contributed by atoms with Crippen LogP contribution in [0.2, 0.25) is 0 Å². The number of aromatic nitrogens is 1. The fourth-order valence-corrected chi connectivity index (χ4v) is 2.81. The highest BCUT2D eigenvalue weighted by molar-refractivity contribution is 5.94. The summed E-state index contributed by atoms with van der Waals surface area (Å²) in [5.41, 5.74) is 1.44. The molecule has 0 saturated heterocycles. The Balaban J connectivity index is 1.69. The second kappa shape index (κ2) is 7.09. The third kappa shape index (κ3) is 3.77. The number of allylic oxidation sites excluding steroid dienone is 2. The lowest BCUT2D eigenvalue weighted by molar-refractivity contribution is 0.0944. The Bertz CT molecular complexity index is 762. The molecule has 23 heavy (non-hydrogen) atoms. The van der Waals surface area contributed by atoms with Crippen LogP contribution in [-0.4, -0.2) is 17.4 Å². The summed E-state index contributed by atoms with van der Waals surface area (Å²) in [5.74, 6) is 0.159. The fourth-order valence-electron chi connectivity index (χ4n) is 2.81. The normalized spacial score (nSPS) is 17.0. The number of benzene rings is 1. The van der Waals surface area contributed by atoms with E-state index in [0.717, 1.165) is 24.8 Å². The van der Waals surface area contributed by atoms with E-state index in [2.05, 4.69) is 22.5 Å². The summed E-state index contributed by atoms with van der Waals surface area (Å²) in [6.45, 7) is 0.614. The van der Waals surface area contributed by atoms with Gasteiger partial charge < -0.3 is 10.3 Å². The number of hydrogen-bond donors (Lipinski definition) is 2. The van der Waals surface area contributed by atoms with Crippen molar-refractivity contribution in [3.05, 3.63) is 70.5 Å². The van der Waals surface area contributed by atoms with Crippen molar-refractivity contribution in [1.29, 1.82) is 0 Å². The van der Waals surface area contributed by atoms with E-state index in [-0.39, 0.29) is 17.0 Å². The summed E-state index contributed by atoms with van der Waals surface area (Å²) in [6.07, 6.45) is 7.46. The molecule has 0 fully saturated rings. The van der Waals surface area contributed by atoms with Gasteiger partial charge in [-0.2, -0.15) is 0 Å². The average Bonchev–Trinajstić information content (AvgIpc) is 2.61. The number of nitrogens with one attached hydrogen (secondary N) is 2. The van der Waals surface area contributed by atoms with E-state index >= 15 is 0 Å². The van der Waals surface area contributed by atoms with Crippen LogP contribution in [0.5, 0.6) is 0 Å². The van der Waals surface area contributed by atoms with Crippen molar-refractivity contribution < 1.29 is 4.79 Å². The van der Waals surface area contributed by atoms with Crippen molar-refractivity contribution in [2.24, 2.45) is 5.92 Å². The van der Waals surface area contributed by atoms with Crippen LogP contribution < -0.4 is 10.9 Å². The van der Waals surface area contributed by atoms with Crippen LogP contribution in [-0.2, 0) is 0 Å². The molecular weight excluding hydrogens is 288 g/mol. The number of pyridine rings is 1. The second-order valence-electron chi connectivity index (χ2n) is 5.84. The fraction of sp³-hybridized carbons (Fsp3) is 0.263. The molecular formula is C19H20N2O2. The quantitative estimate of drug-likeness (QED) is 0.852. The molecule has 1 aromatic heterocycles. The Morgan fingerprint density at radius 1 is 1.13 bits per heavy atom. The highest BCUT2D eigenvalue weighted by Gasteiger charge is 2.14. The first-order valence-electron chi connectivity index (χ1n) is 7.96. The standard InChI is InChI=1S/C19H20N2O2/c22-18(20-13-14-7-3-1-4-8-14)16-11-12-17(21-19(16)23)15-9-5-2-6-10-15/h1-3,5-6,9-12,14H,4,7-8,13H2,(H,20,22)(H,21,23). The van der Waals surface area contributed by atoms with Gasteiger partial charge in [-0.25, -0.2) is 0 Å². The van der Waals surface area contributed by atoms with Gasteiger partial charge in [-0.3, -0.25) is 9.59 Å². The number of amides is 1. The van der Waals surface area contributed by atoms with Crippen molar-refractivity contribution >= 4 is 5.91 Å². The van der Waals surface area contributed by atoms with E-state index in [9.17, 15) is 9.59 Å². The lowest BCUT2D eigenvalue weighted by Crippen LogP contribution is -2.33. The van der Waals surface area contributed by atoms with E-state index < -0.39 is 0 Å². The molecule has 1 unspecified atom stereocenters. The van der Waals surface area contributed by atoms with Crippen LogP contribution in [0, 0.1) is 5.92 Å². The van der Waals surface area contributed by atoms with Crippen molar-refractivity contribution in [1.82, 2.24) is 10.3 Å². The molecule has 2 N–H and O–H groups in total. The highest BCUT2D eigenvalue weighted by atomic mass is 16.2. The monoisotopic (exact) mass is 308 g/mol. The molecule has 1 amide bonds. The predicted octanol–water partition coefficient (Wildman–Crippen LogP) is 3.13. The molecule has 1 atom stereocenters. The zero-order valence-corrected chi connectivity index (χ0v) is 12.9. The first-order chi connectivity index (χ1) is 11.2. The average molecular weight is 308 g/mol. The zero-order valence-electron chi connectivity index (χ0n) is 12.9. The maximum atomic E-state index is 12.2. The largest absolute Gasteiger partial charge is 0.352 e.